The SMILES string of the molecule is COc1ccc2c3c1O[C@H]1C(OC(=O)CCNC(=O)[C@H](OC(=O)OC(C)(C)C)c4ccccc4)=CC[C@@]4(O)[C@H](C2)N(C)CC[C@]314. The van der Waals surface area contributed by atoms with Crippen molar-refractivity contribution in [1.82, 2.24) is 10.2 Å². The van der Waals surface area contributed by atoms with Gasteiger partial charge in [-0.1, -0.05) is 36.4 Å². The van der Waals surface area contributed by atoms with Gasteiger partial charge in [0.1, 0.15) is 11.4 Å². The van der Waals surface area contributed by atoms with Crippen LogP contribution in [0.4, 0.5) is 4.79 Å². The van der Waals surface area contributed by atoms with Crippen LogP contribution in [-0.4, -0.2) is 78.6 Å². The standard InChI is InChI=1S/C34H40N2O9/c1-32(2,3)45-31(39)44-27(20-9-7-6-8-10-20)30(38)35-17-14-25(37)42-23-13-15-34(40)24-19-21-11-12-22(41-5)28-26(21)33(34,29(23)43-28)16-18-36(24)4/h6-13,24,27,29,40H,14-19H2,1-5H3,(H,35,38)/t24-,27+,29-,33-,34+/m0/s1. The molecule has 11 nitrogen and oxygen atoms in total. The molecule has 45 heavy (non-hydrogen) atoms. The van der Waals surface area contributed by atoms with Crippen molar-refractivity contribution in [3.8, 4) is 11.5 Å². The molecule has 2 bridgehead atoms. The van der Waals surface area contributed by atoms with E-state index in [1.807, 2.05) is 19.2 Å². The predicted octanol–water partition coefficient (Wildman–Crippen LogP) is 3.72. The summed E-state index contributed by atoms with van der Waals surface area (Å²) in [7, 11) is 3.61. The second-order valence-corrected chi connectivity index (χ2v) is 13.2. The van der Waals surface area contributed by atoms with Gasteiger partial charge in [-0.3, -0.25) is 9.59 Å². The molecule has 1 fully saturated rings. The lowest BCUT2D eigenvalue weighted by atomic mass is 9.50. The van der Waals surface area contributed by atoms with E-state index in [0.717, 1.165) is 17.7 Å². The van der Waals surface area contributed by atoms with Crippen molar-refractivity contribution in [3.05, 3.63) is 71.0 Å². The first kappa shape index (κ1) is 30.9. The van der Waals surface area contributed by atoms with Gasteiger partial charge in [-0.25, -0.2) is 4.79 Å². The summed E-state index contributed by atoms with van der Waals surface area (Å²) in [5, 5.41) is 15.0. The normalized spacial score (nSPS) is 26.8. The molecule has 2 aliphatic carbocycles. The second-order valence-electron chi connectivity index (χ2n) is 13.2. The van der Waals surface area contributed by atoms with Crippen LogP contribution in [0.25, 0.3) is 0 Å². The molecule has 6 rings (SSSR count). The van der Waals surface area contributed by atoms with Crippen molar-refractivity contribution >= 4 is 18.0 Å². The van der Waals surface area contributed by atoms with Crippen LogP contribution in [-0.2, 0) is 35.6 Å². The number of nitrogens with one attached hydrogen (secondary N) is 1. The first-order valence-corrected chi connectivity index (χ1v) is 15.3. The minimum absolute atomic E-state index is 0.0579. The molecule has 1 spiro atoms. The van der Waals surface area contributed by atoms with E-state index in [2.05, 4.69) is 10.2 Å². The number of piperidine rings is 1. The largest absolute Gasteiger partial charge is 0.509 e. The summed E-state index contributed by atoms with van der Waals surface area (Å²) < 4.78 is 28.7. The molecule has 5 atom stereocenters. The molecule has 2 N–H and O–H groups in total. The minimum Gasteiger partial charge on any atom is -0.493 e. The smallest absolute Gasteiger partial charge is 0.493 e. The second kappa shape index (κ2) is 11.4. The van der Waals surface area contributed by atoms with Gasteiger partial charge in [0, 0.05) is 30.1 Å². The number of methoxy groups -OCH3 is 1. The Morgan fingerprint density at radius 3 is 2.62 bits per heavy atom. The van der Waals surface area contributed by atoms with Crippen LogP contribution in [0.15, 0.2) is 54.3 Å². The van der Waals surface area contributed by atoms with Crippen molar-refractivity contribution in [3.63, 3.8) is 0 Å². The highest BCUT2D eigenvalue weighted by molar-refractivity contribution is 5.84. The maximum absolute atomic E-state index is 13.1. The number of rotatable bonds is 8. The third-order valence-corrected chi connectivity index (χ3v) is 9.36. The number of benzene rings is 2. The van der Waals surface area contributed by atoms with Gasteiger partial charge in [-0.05, 0) is 64.9 Å². The Hall–Kier alpha value is -4.09. The first-order chi connectivity index (χ1) is 21.4. The Morgan fingerprint density at radius 2 is 1.91 bits per heavy atom. The molecule has 1 amide bonds. The molecule has 0 radical (unpaired) electrons. The summed E-state index contributed by atoms with van der Waals surface area (Å²) in [6.45, 7) is 5.79. The van der Waals surface area contributed by atoms with Crippen LogP contribution in [0.1, 0.15) is 62.8 Å². The van der Waals surface area contributed by atoms with E-state index in [0.29, 0.717) is 42.1 Å². The quantitative estimate of drug-likeness (QED) is 0.421. The molecule has 4 aliphatic rings. The Morgan fingerprint density at radius 1 is 1.16 bits per heavy atom. The maximum Gasteiger partial charge on any atom is 0.509 e. The molecule has 2 heterocycles. The number of amides is 1. The molecule has 1 saturated heterocycles. The number of nitrogens with zero attached hydrogens (tertiary/aromatic N) is 1. The van der Waals surface area contributed by atoms with E-state index < -0.39 is 46.9 Å². The topological polar surface area (TPSA) is 133 Å². The number of likely N-dealkylation sites (tertiary alicyclic amines) is 1. The van der Waals surface area contributed by atoms with E-state index in [9.17, 15) is 19.5 Å². The molecule has 240 valence electrons. The van der Waals surface area contributed by atoms with Gasteiger partial charge in [0.05, 0.1) is 24.5 Å². The van der Waals surface area contributed by atoms with Crippen LogP contribution in [0, 0.1) is 0 Å². The van der Waals surface area contributed by atoms with Gasteiger partial charge < -0.3 is 39.0 Å². The number of carbonyl (C=O) groups is 3. The lowest BCUT2D eigenvalue weighted by molar-refractivity contribution is -0.169. The molecule has 0 aromatic heterocycles. The monoisotopic (exact) mass is 620 g/mol. The number of likely N-dealkylation sites (N-methyl/N-ethyl adjacent to an activating group) is 1. The molecule has 2 aromatic carbocycles. The third kappa shape index (κ3) is 5.21. The van der Waals surface area contributed by atoms with E-state index >= 15 is 0 Å². The molecule has 11 heteroatoms. The first-order valence-electron chi connectivity index (χ1n) is 15.3. The molecular weight excluding hydrogens is 580 g/mol. The fourth-order valence-corrected chi connectivity index (χ4v) is 7.42. The number of hydrogen-bond donors (Lipinski definition) is 2. The summed E-state index contributed by atoms with van der Waals surface area (Å²) in [5.74, 6) is 0.344. The number of carbonyl (C=O) groups excluding carboxylic acids is 3. The lowest BCUT2D eigenvalue weighted by Gasteiger charge is -2.61. The van der Waals surface area contributed by atoms with Crippen molar-refractivity contribution in [2.75, 3.05) is 27.2 Å². The third-order valence-electron chi connectivity index (χ3n) is 9.36. The van der Waals surface area contributed by atoms with Crippen LogP contribution in [0.3, 0.4) is 0 Å². The molecule has 2 aromatic rings. The van der Waals surface area contributed by atoms with Crippen LogP contribution >= 0.6 is 0 Å². The van der Waals surface area contributed by atoms with Crippen molar-refractivity contribution in [2.45, 2.75) is 81.3 Å². The van der Waals surface area contributed by atoms with Crippen LogP contribution in [0.2, 0.25) is 0 Å². The van der Waals surface area contributed by atoms with Gasteiger partial charge >= 0.3 is 12.1 Å². The number of aliphatic hydroxyl groups is 1. The fraction of sp³-hybridized carbons (Fsp3) is 0.500. The summed E-state index contributed by atoms with van der Waals surface area (Å²) in [6.07, 6.45) is 0.264. The highest BCUT2D eigenvalue weighted by atomic mass is 16.7. The van der Waals surface area contributed by atoms with Crippen molar-refractivity contribution in [1.29, 1.82) is 0 Å². The Kier molecular flexibility index (Phi) is 7.81. The fourth-order valence-electron chi connectivity index (χ4n) is 7.42. The zero-order chi connectivity index (χ0) is 32.1. The average molecular weight is 621 g/mol. The summed E-state index contributed by atoms with van der Waals surface area (Å²) in [4.78, 5) is 40.9. The number of hydrogen-bond acceptors (Lipinski definition) is 10. The van der Waals surface area contributed by atoms with Gasteiger partial charge in [-0.2, -0.15) is 0 Å². The molecular formula is C34H40N2O9. The van der Waals surface area contributed by atoms with Crippen molar-refractivity contribution < 1.29 is 43.2 Å². The zero-order valence-corrected chi connectivity index (χ0v) is 26.3. The van der Waals surface area contributed by atoms with Gasteiger partial charge in [0.15, 0.2) is 17.6 Å². The summed E-state index contributed by atoms with van der Waals surface area (Å²) in [6, 6.07) is 12.4. The minimum atomic E-state index is -1.27. The summed E-state index contributed by atoms with van der Waals surface area (Å²) in [5.41, 5.74) is -0.192. The van der Waals surface area contributed by atoms with Crippen LogP contribution in [0.5, 0.6) is 11.5 Å². The average Bonchev–Trinajstić information content (AvgIpc) is 3.34. The van der Waals surface area contributed by atoms with Gasteiger partial charge in [0.25, 0.3) is 5.91 Å². The van der Waals surface area contributed by atoms with Crippen LogP contribution < -0.4 is 14.8 Å². The highest BCUT2D eigenvalue weighted by Gasteiger charge is 2.72. The van der Waals surface area contributed by atoms with E-state index in [1.54, 1.807) is 64.3 Å². The predicted molar refractivity (Wildman–Crippen MR) is 162 cm³/mol. The van der Waals surface area contributed by atoms with E-state index in [4.69, 9.17) is 23.7 Å². The summed E-state index contributed by atoms with van der Waals surface area (Å²) >= 11 is 0. The molecule has 2 aliphatic heterocycles. The number of ether oxygens (including phenoxy) is 5. The Balaban J connectivity index is 1.15. The molecule has 0 unspecified atom stereocenters. The molecule has 0 saturated carbocycles. The maximum atomic E-state index is 13.1. The number of esters is 1. The zero-order valence-electron chi connectivity index (χ0n) is 26.3. The van der Waals surface area contributed by atoms with E-state index in [-0.39, 0.29) is 19.0 Å². The lowest BCUT2D eigenvalue weighted by Crippen LogP contribution is -2.74. The van der Waals surface area contributed by atoms with Crippen molar-refractivity contribution in [2.24, 2.45) is 0 Å². The van der Waals surface area contributed by atoms with Gasteiger partial charge in [0.2, 0.25) is 6.10 Å². The van der Waals surface area contributed by atoms with E-state index in [1.165, 1.54) is 0 Å². The van der Waals surface area contributed by atoms with Gasteiger partial charge in [-0.15, -0.1) is 0 Å². The highest BCUT2D eigenvalue weighted by Crippen LogP contribution is 2.65. The Bertz CT molecular complexity index is 1530. The Labute approximate surface area is 262 Å².